The Balaban J connectivity index is 1.89. The van der Waals surface area contributed by atoms with E-state index in [2.05, 4.69) is 0 Å². The number of hydrogen-bond donors (Lipinski definition) is 1. The van der Waals surface area contributed by atoms with Crippen LogP contribution in [0.25, 0.3) is 0 Å². The first-order valence-electron chi connectivity index (χ1n) is 5.96. The van der Waals surface area contributed by atoms with Crippen molar-refractivity contribution in [3.8, 4) is 0 Å². The Morgan fingerprint density at radius 1 is 1.21 bits per heavy atom. The zero-order chi connectivity index (χ0) is 13.2. The van der Waals surface area contributed by atoms with E-state index in [1.54, 1.807) is 6.07 Å². The van der Waals surface area contributed by atoms with E-state index in [1.165, 1.54) is 30.5 Å². The van der Waals surface area contributed by atoms with Crippen molar-refractivity contribution >= 4 is 0 Å². The molecule has 1 aliphatic heterocycles. The molecule has 2 atom stereocenters. The van der Waals surface area contributed by atoms with Crippen LogP contribution in [-0.4, -0.2) is 18.5 Å². The van der Waals surface area contributed by atoms with Gasteiger partial charge in [-0.05, 0) is 23.8 Å². The molecule has 1 aromatic carbocycles. The first-order chi connectivity index (χ1) is 9.25. The normalized spacial score (nSPS) is 20.6. The van der Waals surface area contributed by atoms with Crippen LogP contribution in [0.1, 0.15) is 29.1 Å². The van der Waals surface area contributed by atoms with Gasteiger partial charge in [-0.2, -0.15) is 0 Å². The third kappa shape index (κ3) is 2.40. The summed E-state index contributed by atoms with van der Waals surface area (Å²) in [7, 11) is 0. The molecule has 3 rings (SSSR count). The van der Waals surface area contributed by atoms with E-state index in [0.717, 1.165) is 5.56 Å². The lowest BCUT2D eigenvalue weighted by molar-refractivity contribution is 0.0452. The van der Waals surface area contributed by atoms with Gasteiger partial charge in [-0.15, -0.1) is 0 Å². The van der Waals surface area contributed by atoms with Gasteiger partial charge in [0.05, 0.1) is 12.9 Å². The van der Waals surface area contributed by atoms with Crippen LogP contribution in [0.3, 0.4) is 0 Å². The van der Waals surface area contributed by atoms with Gasteiger partial charge in [-0.25, -0.2) is 4.39 Å². The molecule has 1 N–H and O–H groups in total. The summed E-state index contributed by atoms with van der Waals surface area (Å²) in [6.45, 7) is 0.671. The Labute approximate surface area is 109 Å². The molecular weight excluding hydrogens is 251 g/mol. The van der Waals surface area contributed by atoms with Gasteiger partial charge in [0, 0.05) is 5.56 Å². The lowest BCUT2D eigenvalue weighted by atomic mass is 10.0. The van der Waals surface area contributed by atoms with Crippen LogP contribution in [0.5, 0.6) is 0 Å². The number of aliphatic hydroxyl groups excluding tert-OH is 1. The van der Waals surface area contributed by atoms with E-state index in [0.29, 0.717) is 17.9 Å². The van der Waals surface area contributed by atoms with Crippen molar-refractivity contribution in [1.82, 2.24) is 0 Å². The van der Waals surface area contributed by atoms with Gasteiger partial charge in [0.25, 0.3) is 0 Å². The summed E-state index contributed by atoms with van der Waals surface area (Å²) in [5.41, 5.74) is 1.32. The molecule has 19 heavy (non-hydrogen) atoms. The maximum Gasteiger partial charge on any atom is 0.147 e. The van der Waals surface area contributed by atoms with Crippen LogP contribution in [0, 0.1) is 5.82 Å². The first-order valence-corrected chi connectivity index (χ1v) is 5.96. The van der Waals surface area contributed by atoms with Crippen molar-refractivity contribution in [3.63, 3.8) is 0 Å². The number of ether oxygens (including phenoxy) is 2. The van der Waals surface area contributed by atoms with Gasteiger partial charge in [0.1, 0.15) is 30.6 Å². The molecule has 4 nitrogen and oxygen atoms in total. The molecule has 100 valence electrons. The highest BCUT2D eigenvalue weighted by atomic mass is 19.1. The van der Waals surface area contributed by atoms with Crippen LogP contribution in [0.15, 0.2) is 41.0 Å². The van der Waals surface area contributed by atoms with E-state index < -0.39 is 6.10 Å². The molecule has 1 fully saturated rings. The zero-order valence-corrected chi connectivity index (χ0v) is 10.1. The van der Waals surface area contributed by atoms with Gasteiger partial charge in [0.2, 0.25) is 0 Å². The van der Waals surface area contributed by atoms with Crippen molar-refractivity contribution in [2.75, 3.05) is 13.4 Å². The lowest BCUT2D eigenvalue weighted by Crippen LogP contribution is -2.06. The maximum absolute atomic E-state index is 12.9. The lowest BCUT2D eigenvalue weighted by Gasteiger charge is -2.13. The number of aliphatic hydroxyl groups is 1. The minimum absolute atomic E-state index is 0.233. The predicted molar refractivity (Wildman–Crippen MR) is 63.8 cm³/mol. The SMILES string of the molecule is OC(c1ccc(F)cc1)c1occc1C1COCO1. The number of halogens is 1. The fourth-order valence-corrected chi connectivity index (χ4v) is 2.13. The highest BCUT2D eigenvalue weighted by Gasteiger charge is 2.27. The summed E-state index contributed by atoms with van der Waals surface area (Å²) in [5, 5.41) is 10.3. The molecule has 2 aromatic rings. The Morgan fingerprint density at radius 3 is 2.68 bits per heavy atom. The number of hydrogen-bond acceptors (Lipinski definition) is 4. The van der Waals surface area contributed by atoms with Gasteiger partial charge in [-0.1, -0.05) is 12.1 Å². The second kappa shape index (κ2) is 5.13. The van der Waals surface area contributed by atoms with Crippen molar-refractivity contribution in [2.45, 2.75) is 12.2 Å². The number of furan rings is 1. The summed E-state index contributed by atoms with van der Waals surface area (Å²) >= 11 is 0. The monoisotopic (exact) mass is 264 g/mol. The Hall–Kier alpha value is -1.69. The molecule has 1 saturated heterocycles. The average Bonchev–Trinajstić information content (AvgIpc) is 3.09. The van der Waals surface area contributed by atoms with E-state index in [4.69, 9.17) is 13.9 Å². The number of benzene rings is 1. The predicted octanol–water partition coefficient (Wildman–Crippen LogP) is 2.55. The molecule has 1 aliphatic rings. The fourth-order valence-electron chi connectivity index (χ4n) is 2.13. The van der Waals surface area contributed by atoms with Crippen molar-refractivity contribution in [1.29, 1.82) is 0 Å². The van der Waals surface area contributed by atoms with Gasteiger partial charge < -0.3 is 19.0 Å². The summed E-state index contributed by atoms with van der Waals surface area (Å²) in [5.74, 6) is 0.0604. The number of rotatable bonds is 3. The molecule has 0 radical (unpaired) electrons. The van der Waals surface area contributed by atoms with Gasteiger partial charge >= 0.3 is 0 Å². The summed E-state index contributed by atoms with van der Waals surface area (Å²) in [6.07, 6.45) is 0.317. The quantitative estimate of drug-likeness (QED) is 0.925. The topological polar surface area (TPSA) is 51.8 Å². The van der Waals surface area contributed by atoms with Crippen LogP contribution in [-0.2, 0) is 9.47 Å². The van der Waals surface area contributed by atoms with E-state index in [1.807, 2.05) is 0 Å². The summed E-state index contributed by atoms with van der Waals surface area (Å²) < 4.78 is 28.8. The van der Waals surface area contributed by atoms with Crippen LogP contribution >= 0.6 is 0 Å². The molecule has 0 spiro atoms. The van der Waals surface area contributed by atoms with Crippen molar-refractivity contribution in [2.24, 2.45) is 0 Å². The highest BCUT2D eigenvalue weighted by molar-refractivity contribution is 5.31. The molecule has 0 aliphatic carbocycles. The molecule has 1 aromatic heterocycles. The van der Waals surface area contributed by atoms with Crippen molar-refractivity contribution in [3.05, 3.63) is 59.3 Å². The highest BCUT2D eigenvalue weighted by Crippen LogP contribution is 2.33. The van der Waals surface area contributed by atoms with Crippen LogP contribution in [0.2, 0.25) is 0 Å². The Bertz CT molecular complexity index is 543. The Morgan fingerprint density at radius 2 is 2.00 bits per heavy atom. The summed E-state index contributed by atoms with van der Waals surface area (Å²) in [6, 6.07) is 7.41. The first kappa shape index (κ1) is 12.3. The minimum atomic E-state index is -0.949. The minimum Gasteiger partial charge on any atom is -0.466 e. The Kier molecular flexibility index (Phi) is 3.33. The summed E-state index contributed by atoms with van der Waals surface area (Å²) in [4.78, 5) is 0. The zero-order valence-electron chi connectivity index (χ0n) is 10.1. The van der Waals surface area contributed by atoms with E-state index in [9.17, 15) is 9.50 Å². The van der Waals surface area contributed by atoms with Crippen LogP contribution < -0.4 is 0 Å². The molecule has 2 heterocycles. The molecule has 2 unspecified atom stereocenters. The van der Waals surface area contributed by atoms with Crippen molar-refractivity contribution < 1.29 is 23.4 Å². The van der Waals surface area contributed by atoms with Gasteiger partial charge in [0.15, 0.2) is 0 Å². The van der Waals surface area contributed by atoms with E-state index >= 15 is 0 Å². The smallest absolute Gasteiger partial charge is 0.147 e. The third-order valence-corrected chi connectivity index (χ3v) is 3.13. The van der Waals surface area contributed by atoms with E-state index in [-0.39, 0.29) is 18.7 Å². The standard InChI is InChI=1S/C14H13FO4/c15-10-3-1-9(2-4-10)13(16)14-11(5-6-18-14)12-7-17-8-19-12/h1-6,12-13,16H,7-8H2. The fraction of sp³-hybridized carbons (Fsp3) is 0.286. The third-order valence-electron chi connectivity index (χ3n) is 3.13. The van der Waals surface area contributed by atoms with Crippen LogP contribution in [0.4, 0.5) is 4.39 Å². The largest absolute Gasteiger partial charge is 0.466 e. The second-order valence-electron chi connectivity index (χ2n) is 4.34. The second-order valence-corrected chi connectivity index (χ2v) is 4.34. The average molecular weight is 264 g/mol. The molecular formula is C14H13FO4. The maximum atomic E-state index is 12.9. The molecule has 0 bridgehead atoms. The molecule has 5 heteroatoms. The molecule has 0 saturated carbocycles. The van der Waals surface area contributed by atoms with Gasteiger partial charge in [-0.3, -0.25) is 0 Å². The molecule has 0 amide bonds.